The van der Waals surface area contributed by atoms with Gasteiger partial charge in [0.05, 0.1) is 5.69 Å². The van der Waals surface area contributed by atoms with E-state index in [1.54, 1.807) is 36.4 Å². The second-order valence-electron chi connectivity index (χ2n) is 8.59. The average molecular weight is 483 g/mol. The third-order valence-electron chi connectivity index (χ3n) is 6.07. The van der Waals surface area contributed by atoms with Gasteiger partial charge < -0.3 is 25.2 Å². The van der Waals surface area contributed by atoms with Crippen molar-refractivity contribution in [1.29, 1.82) is 0 Å². The predicted octanol–water partition coefficient (Wildman–Crippen LogP) is 3.86. The van der Waals surface area contributed by atoms with Gasteiger partial charge in [-0.05, 0) is 61.8 Å². The zero-order chi connectivity index (χ0) is 23.9. The number of hydrogen-bond donors (Lipinski definition) is 2. The van der Waals surface area contributed by atoms with Crippen molar-refractivity contribution in [2.24, 2.45) is 0 Å². The number of anilines is 1. The molecule has 2 heterocycles. The van der Waals surface area contributed by atoms with Crippen LogP contribution in [0.1, 0.15) is 35.7 Å². The molecule has 2 aromatic carbocycles. The van der Waals surface area contributed by atoms with Gasteiger partial charge in [-0.1, -0.05) is 36.7 Å². The number of fused-ring (bicyclic) bond motifs is 1. The molecule has 0 aliphatic carbocycles. The second-order valence-corrected chi connectivity index (χ2v) is 9.00. The Morgan fingerprint density at radius 1 is 1.12 bits per heavy atom. The lowest BCUT2D eigenvalue weighted by Crippen LogP contribution is -2.47. The Morgan fingerprint density at radius 3 is 2.59 bits per heavy atom. The zero-order valence-corrected chi connectivity index (χ0v) is 20.2. The highest BCUT2D eigenvalue weighted by molar-refractivity contribution is 6.32. The third-order valence-corrected chi connectivity index (χ3v) is 6.41. The van der Waals surface area contributed by atoms with Gasteiger partial charge in [-0.3, -0.25) is 9.59 Å². The van der Waals surface area contributed by atoms with Gasteiger partial charge in [0.2, 0.25) is 0 Å². The fourth-order valence-electron chi connectivity index (χ4n) is 4.19. The molecule has 0 radical (unpaired) electrons. The number of benzene rings is 2. The molecule has 1 saturated heterocycles. The maximum Gasteiger partial charge on any atom is 0.291 e. The van der Waals surface area contributed by atoms with Crippen LogP contribution < -0.4 is 15.4 Å². The molecule has 2 aliphatic heterocycles. The van der Waals surface area contributed by atoms with Crippen molar-refractivity contribution in [2.75, 3.05) is 51.1 Å². The van der Waals surface area contributed by atoms with Gasteiger partial charge in [-0.25, -0.2) is 0 Å². The minimum atomic E-state index is -0.385. The van der Waals surface area contributed by atoms with E-state index in [0.29, 0.717) is 34.1 Å². The molecule has 0 aromatic heterocycles. The number of nitrogens with one attached hydrogen (secondary N) is 2. The summed E-state index contributed by atoms with van der Waals surface area (Å²) in [7, 11) is 0. The van der Waals surface area contributed by atoms with Crippen molar-refractivity contribution in [2.45, 2.75) is 19.8 Å². The Balaban J connectivity index is 1.28. The molecule has 1 fully saturated rings. The second kappa shape index (κ2) is 11.5. The fourth-order valence-corrected chi connectivity index (χ4v) is 4.38. The predicted molar refractivity (Wildman–Crippen MR) is 135 cm³/mol. The standard InChI is InChI=1S/C26H31ClN4O3/c1-2-11-30-13-15-31(16-14-30)12-5-10-28-25(32)20-8-9-23-22(17-20)29-26(33)24(34-23)18-19-6-3-4-7-21(19)27/h3-4,6-9,17-18H,2,5,10-16H2,1H3,(H,28,32)(H,29,33). The molecular weight excluding hydrogens is 452 g/mol. The molecule has 0 atom stereocenters. The van der Waals surface area contributed by atoms with E-state index in [9.17, 15) is 9.59 Å². The molecule has 0 bridgehead atoms. The van der Waals surface area contributed by atoms with Crippen LogP contribution in [0.15, 0.2) is 48.2 Å². The number of rotatable bonds is 8. The number of piperazine rings is 1. The molecule has 180 valence electrons. The highest BCUT2D eigenvalue weighted by atomic mass is 35.5. The lowest BCUT2D eigenvalue weighted by molar-refractivity contribution is -0.115. The summed E-state index contributed by atoms with van der Waals surface area (Å²) < 4.78 is 5.78. The van der Waals surface area contributed by atoms with E-state index in [2.05, 4.69) is 27.4 Å². The number of carbonyl (C=O) groups is 2. The van der Waals surface area contributed by atoms with E-state index >= 15 is 0 Å². The first-order chi connectivity index (χ1) is 16.5. The van der Waals surface area contributed by atoms with Crippen LogP contribution in [-0.4, -0.2) is 67.4 Å². The molecule has 34 heavy (non-hydrogen) atoms. The van der Waals surface area contributed by atoms with E-state index in [-0.39, 0.29) is 17.6 Å². The van der Waals surface area contributed by atoms with Crippen LogP contribution in [0, 0.1) is 0 Å². The molecule has 2 N–H and O–H groups in total. The van der Waals surface area contributed by atoms with Crippen LogP contribution in [-0.2, 0) is 4.79 Å². The quantitative estimate of drug-likeness (QED) is 0.441. The Kier molecular flexibility index (Phi) is 8.21. The SMILES string of the molecule is CCCN1CCN(CCCNC(=O)c2ccc3c(c2)NC(=O)C(=Cc2ccccc2Cl)O3)CC1. The summed E-state index contributed by atoms with van der Waals surface area (Å²) in [4.78, 5) is 30.1. The average Bonchev–Trinajstić information content (AvgIpc) is 2.84. The summed E-state index contributed by atoms with van der Waals surface area (Å²) in [5.41, 5.74) is 1.64. The summed E-state index contributed by atoms with van der Waals surface area (Å²) in [5.74, 6) is 0.0798. The molecule has 2 amide bonds. The fraction of sp³-hybridized carbons (Fsp3) is 0.385. The van der Waals surface area contributed by atoms with E-state index in [1.807, 2.05) is 12.1 Å². The highest BCUT2D eigenvalue weighted by Gasteiger charge is 2.23. The molecule has 0 unspecified atom stereocenters. The number of amides is 2. The van der Waals surface area contributed by atoms with Gasteiger partial charge in [-0.15, -0.1) is 0 Å². The van der Waals surface area contributed by atoms with Crippen molar-refractivity contribution < 1.29 is 14.3 Å². The summed E-state index contributed by atoms with van der Waals surface area (Å²) in [6.07, 6.45) is 3.70. The van der Waals surface area contributed by atoms with Crippen LogP contribution in [0.3, 0.4) is 0 Å². The molecular formula is C26H31ClN4O3. The van der Waals surface area contributed by atoms with Crippen molar-refractivity contribution in [3.8, 4) is 5.75 Å². The van der Waals surface area contributed by atoms with Crippen molar-refractivity contribution in [3.05, 3.63) is 64.4 Å². The first-order valence-corrected chi connectivity index (χ1v) is 12.2. The van der Waals surface area contributed by atoms with Crippen LogP contribution in [0.4, 0.5) is 5.69 Å². The van der Waals surface area contributed by atoms with Crippen LogP contribution in [0.2, 0.25) is 5.02 Å². The van der Waals surface area contributed by atoms with Crippen molar-refractivity contribution in [3.63, 3.8) is 0 Å². The molecule has 0 saturated carbocycles. The maximum absolute atomic E-state index is 12.6. The zero-order valence-electron chi connectivity index (χ0n) is 19.5. The molecule has 7 nitrogen and oxygen atoms in total. The molecule has 0 spiro atoms. The van der Waals surface area contributed by atoms with E-state index in [4.69, 9.17) is 16.3 Å². The lowest BCUT2D eigenvalue weighted by Gasteiger charge is -2.34. The van der Waals surface area contributed by atoms with Crippen molar-refractivity contribution in [1.82, 2.24) is 15.1 Å². The Morgan fingerprint density at radius 2 is 1.85 bits per heavy atom. The first-order valence-electron chi connectivity index (χ1n) is 11.9. The van der Waals surface area contributed by atoms with E-state index in [1.165, 1.54) is 13.0 Å². The smallest absolute Gasteiger partial charge is 0.291 e. The monoisotopic (exact) mass is 482 g/mol. The summed E-state index contributed by atoms with van der Waals surface area (Å²) in [6, 6.07) is 12.3. The maximum atomic E-state index is 12.6. The molecule has 2 aromatic rings. The number of ether oxygens (including phenoxy) is 1. The minimum Gasteiger partial charge on any atom is -0.449 e. The topological polar surface area (TPSA) is 73.9 Å². The van der Waals surface area contributed by atoms with Crippen LogP contribution in [0.25, 0.3) is 6.08 Å². The lowest BCUT2D eigenvalue weighted by atomic mass is 10.1. The first kappa shape index (κ1) is 24.3. The number of hydrogen-bond acceptors (Lipinski definition) is 5. The third kappa shape index (κ3) is 6.17. The van der Waals surface area contributed by atoms with E-state index < -0.39 is 0 Å². The summed E-state index contributed by atoms with van der Waals surface area (Å²) >= 11 is 6.18. The van der Waals surface area contributed by atoms with Gasteiger partial charge >= 0.3 is 0 Å². The minimum absolute atomic E-state index is 0.147. The Labute approximate surface area is 205 Å². The molecule has 2 aliphatic rings. The van der Waals surface area contributed by atoms with Gasteiger partial charge in [0.1, 0.15) is 0 Å². The number of halogens is 1. The Bertz CT molecular complexity index is 1060. The largest absolute Gasteiger partial charge is 0.449 e. The van der Waals surface area contributed by atoms with Gasteiger partial charge in [0.15, 0.2) is 11.5 Å². The Hall–Kier alpha value is -2.87. The normalized spacial score (nSPS) is 17.7. The summed E-state index contributed by atoms with van der Waals surface area (Å²) in [5, 5.41) is 6.31. The highest BCUT2D eigenvalue weighted by Crippen LogP contribution is 2.33. The summed E-state index contributed by atoms with van der Waals surface area (Å²) in [6.45, 7) is 9.41. The molecule has 8 heteroatoms. The van der Waals surface area contributed by atoms with Gasteiger partial charge in [0, 0.05) is 43.3 Å². The van der Waals surface area contributed by atoms with Crippen LogP contribution in [0.5, 0.6) is 5.75 Å². The van der Waals surface area contributed by atoms with Gasteiger partial charge in [0.25, 0.3) is 11.8 Å². The molecule has 4 rings (SSSR count). The number of carbonyl (C=O) groups excluding carboxylic acids is 2. The van der Waals surface area contributed by atoms with E-state index in [0.717, 1.165) is 39.1 Å². The van der Waals surface area contributed by atoms with Crippen LogP contribution >= 0.6 is 11.6 Å². The van der Waals surface area contributed by atoms with Gasteiger partial charge in [-0.2, -0.15) is 0 Å². The van der Waals surface area contributed by atoms with Crippen molar-refractivity contribution >= 4 is 35.2 Å². The number of nitrogens with zero attached hydrogens (tertiary/aromatic N) is 2.